The van der Waals surface area contributed by atoms with Gasteiger partial charge in [0.25, 0.3) is 0 Å². The Labute approximate surface area is 142 Å². The lowest BCUT2D eigenvalue weighted by atomic mass is 10.0. The van der Waals surface area contributed by atoms with Gasteiger partial charge in [0, 0.05) is 0 Å². The molecular weight excluding hydrogens is 296 g/mol. The van der Waals surface area contributed by atoms with Gasteiger partial charge >= 0.3 is 0 Å². The van der Waals surface area contributed by atoms with Crippen molar-refractivity contribution in [2.45, 2.75) is 20.8 Å². The van der Waals surface area contributed by atoms with Crippen molar-refractivity contribution < 1.29 is 5.11 Å². The van der Waals surface area contributed by atoms with Crippen LogP contribution in [0, 0.1) is 20.8 Å². The second-order valence-corrected chi connectivity index (χ2v) is 6.02. The van der Waals surface area contributed by atoms with Crippen molar-refractivity contribution in [3.05, 3.63) is 77.4 Å². The van der Waals surface area contributed by atoms with Gasteiger partial charge in [-0.25, -0.2) is 0 Å². The summed E-state index contributed by atoms with van der Waals surface area (Å²) in [5.41, 5.74) is 6.76. The molecule has 3 aromatic rings. The van der Waals surface area contributed by atoms with Crippen molar-refractivity contribution in [2.24, 2.45) is 10.2 Å². The van der Waals surface area contributed by atoms with Gasteiger partial charge in [0.2, 0.25) is 0 Å². The zero-order valence-corrected chi connectivity index (χ0v) is 14.1. The quantitative estimate of drug-likeness (QED) is 0.558. The zero-order chi connectivity index (χ0) is 17.1. The number of aryl methyl sites for hydroxylation is 3. The largest absolute Gasteiger partial charge is 0.506 e. The molecule has 0 radical (unpaired) electrons. The molecule has 0 saturated heterocycles. The molecule has 0 aliphatic rings. The van der Waals surface area contributed by atoms with E-state index in [1.54, 1.807) is 6.07 Å². The number of azo groups is 1. The molecule has 0 saturated carbocycles. The van der Waals surface area contributed by atoms with Crippen LogP contribution in [0.3, 0.4) is 0 Å². The summed E-state index contributed by atoms with van der Waals surface area (Å²) in [5.74, 6) is 0.126. The van der Waals surface area contributed by atoms with Crippen LogP contribution >= 0.6 is 0 Å². The molecule has 3 aromatic carbocycles. The average Bonchev–Trinajstić information content (AvgIpc) is 2.56. The molecule has 0 bridgehead atoms. The van der Waals surface area contributed by atoms with Crippen LogP contribution in [-0.2, 0) is 0 Å². The molecule has 0 aliphatic heterocycles. The Morgan fingerprint density at radius 3 is 2.04 bits per heavy atom. The van der Waals surface area contributed by atoms with Crippen LogP contribution in [0.15, 0.2) is 70.9 Å². The topological polar surface area (TPSA) is 45.0 Å². The third-order valence-electron chi connectivity index (χ3n) is 3.98. The van der Waals surface area contributed by atoms with Crippen molar-refractivity contribution in [3.63, 3.8) is 0 Å². The van der Waals surface area contributed by atoms with Gasteiger partial charge in [-0.2, -0.15) is 0 Å². The third-order valence-corrected chi connectivity index (χ3v) is 3.98. The molecule has 0 spiro atoms. The summed E-state index contributed by atoms with van der Waals surface area (Å²) >= 11 is 0. The second-order valence-electron chi connectivity index (χ2n) is 6.02. The summed E-state index contributed by atoms with van der Waals surface area (Å²) < 4.78 is 0. The van der Waals surface area contributed by atoms with Crippen LogP contribution in [-0.4, -0.2) is 5.11 Å². The van der Waals surface area contributed by atoms with Crippen LogP contribution in [0.1, 0.15) is 16.7 Å². The maximum Gasteiger partial charge on any atom is 0.143 e. The number of hydrogen-bond donors (Lipinski definition) is 1. The highest BCUT2D eigenvalue weighted by atomic mass is 16.3. The molecule has 0 aromatic heterocycles. The summed E-state index contributed by atoms with van der Waals surface area (Å²) in [6.45, 7) is 6.11. The molecule has 0 heterocycles. The summed E-state index contributed by atoms with van der Waals surface area (Å²) in [5, 5.41) is 18.8. The van der Waals surface area contributed by atoms with Crippen LogP contribution < -0.4 is 0 Å². The number of hydrogen-bond acceptors (Lipinski definition) is 3. The lowest BCUT2D eigenvalue weighted by Gasteiger charge is -2.07. The van der Waals surface area contributed by atoms with E-state index < -0.39 is 0 Å². The minimum absolute atomic E-state index is 0.126. The normalized spacial score (nSPS) is 11.1. The van der Waals surface area contributed by atoms with Crippen molar-refractivity contribution in [3.8, 4) is 16.9 Å². The second kappa shape index (κ2) is 6.67. The number of nitrogens with zero attached hydrogens (tertiary/aromatic N) is 2. The maximum atomic E-state index is 10.1. The SMILES string of the molecule is Cc1cc(C)c(N=Nc2cc(-c3ccccc3)ccc2O)c(C)c1. The minimum Gasteiger partial charge on any atom is -0.506 e. The fourth-order valence-corrected chi connectivity index (χ4v) is 2.85. The average molecular weight is 316 g/mol. The molecule has 120 valence electrons. The van der Waals surface area contributed by atoms with E-state index in [1.165, 1.54) is 5.56 Å². The monoisotopic (exact) mass is 316 g/mol. The van der Waals surface area contributed by atoms with Gasteiger partial charge in [0.1, 0.15) is 11.4 Å². The molecule has 0 unspecified atom stereocenters. The number of aromatic hydroxyl groups is 1. The van der Waals surface area contributed by atoms with E-state index in [-0.39, 0.29) is 5.75 Å². The Hall–Kier alpha value is -2.94. The molecule has 1 N–H and O–H groups in total. The van der Waals surface area contributed by atoms with E-state index in [4.69, 9.17) is 0 Å². The van der Waals surface area contributed by atoms with Gasteiger partial charge in [0.15, 0.2) is 0 Å². The lowest BCUT2D eigenvalue weighted by molar-refractivity contribution is 0.476. The van der Waals surface area contributed by atoms with Crippen LogP contribution in [0.4, 0.5) is 11.4 Å². The van der Waals surface area contributed by atoms with E-state index in [0.717, 1.165) is 27.9 Å². The van der Waals surface area contributed by atoms with E-state index in [9.17, 15) is 5.11 Å². The third kappa shape index (κ3) is 3.35. The first kappa shape index (κ1) is 15.9. The Bertz CT molecular complexity index is 876. The van der Waals surface area contributed by atoms with E-state index in [2.05, 4.69) is 29.3 Å². The lowest BCUT2D eigenvalue weighted by Crippen LogP contribution is -1.83. The van der Waals surface area contributed by atoms with Gasteiger partial charge in [0.05, 0.1) is 5.69 Å². The van der Waals surface area contributed by atoms with Crippen molar-refractivity contribution in [2.75, 3.05) is 0 Å². The molecule has 0 atom stereocenters. The van der Waals surface area contributed by atoms with E-state index in [0.29, 0.717) is 5.69 Å². The summed E-state index contributed by atoms with van der Waals surface area (Å²) in [6.07, 6.45) is 0. The van der Waals surface area contributed by atoms with Gasteiger partial charge < -0.3 is 5.11 Å². The summed E-state index contributed by atoms with van der Waals surface area (Å²) in [4.78, 5) is 0. The summed E-state index contributed by atoms with van der Waals surface area (Å²) in [6, 6.07) is 19.6. The standard InChI is InChI=1S/C21H20N2O/c1-14-11-15(2)21(16(3)12-14)23-22-19-13-18(9-10-20(19)24)17-7-5-4-6-8-17/h4-13,24H,1-3H3. The highest BCUT2D eigenvalue weighted by Crippen LogP contribution is 2.34. The molecular formula is C21H20N2O. The first-order valence-corrected chi connectivity index (χ1v) is 7.92. The molecule has 0 aliphatic carbocycles. The molecule has 24 heavy (non-hydrogen) atoms. The van der Waals surface area contributed by atoms with Gasteiger partial charge in [-0.1, -0.05) is 54.1 Å². The molecule has 0 fully saturated rings. The summed E-state index contributed by atoms with van der Waals surface area (Å²) in [7, 11) is 0. The molecule has 3 nitrogen and oxygen atoms in total. The van der Waals surface area contributed by atoms with Crippen LogP contribution in [0.5, 0.6) is 5.75 Å². The van der Waals surface area contributed by atoms with E-state index in [1.807, 2.05) is 56.3 Å². The van der Waals surface area contributed by atoms with Crippen LogP contribution in [0.25, 0.3) is 11.1 Å². The minimum atomic E-state index is 0.126. The fourth-order valence-electron chi connectivity index (χ4n) is 2.85. The maximum absolute atomic E-state index is 10.1. The number of rotatable bonds is 3. The molecule has 3 rings (SSSR count). The van der Waals surface area contributed by atoms with Gasteiger partial charge in [-0.05, 0) is 55.2 Å². The number of benzene rings is 3. The predicted octanol–water partition coefficient (Wildman–Crippen LogP) is 6.40. The Balaban J connectivity index is 1.99. The van der Waals surface area contributed by atoms with Gasteiger partial charge in [-0.3, -0.25) is 0 Å². The highest BCUT2D eigenvalue weighted by molar-refractivity contribution is 5.70. The fraction of sp³-hybridized carbons (Fsp3) is 0.143. The Kier molecular flexibility index (Phi) is 4.43. The highest BCUT2D eigenvalue weighted by Gasteiger charge is 2.06. The smallest absolute Gasteiger partial charge is 0.143 e. The molecule has 0 amide bonds. The van der Waals surface area contributed by atoms with Crippen molar-refractivity contribution >= 4 is 11.4 Å². The zero-order valence-electron chi connectivity index (χ0n) is 14.1. The first-order valence-electron chi connectivity index (χ1n) is 7.92. The van der Waals surface area contributed by atoms with Crippen LogP contribution in [0.2, 0.25) is 0 Å². The number of phenols is 1. The Morgan fingerprint density at radius 1 is 0.708 bits per heavy atom. The molecule has 3 heteroatoms. The first-order chi connectivity index (χ1) is 11.5. The van der Waals surface area contributed by atoms with Crippen molar-refractivity contribution in [1.29, 1.82) is 0 Å². The van der Waals surface area contributed by atoms with Gasteiger partial charge in [-0.15, -0.1) is 10.2 Å². The Morgan fingerprint density at radius 2 is 1.38 bits per heavy atom. The number of phenolic OH excluding ortho intramolecular Hbond substituents is 1. The van der Waals surface area contributed by atoms with Crippen molar-refractivity contribution in [1.82, 2.24) is 0 Å². The predicted molar refractivity (Wildman–Crippen MR) is 98.4 cm³/mol. The van der Waals surface area contributed by atoms with E-state index >= 15 is 0 Å².